The molecule has 0 saturated carbocycles. The van der Waals surface area contributed by atoms with Crippen molar-refractivity contribution in [1.29, 1.82) is 0 Å². The number of hydrogen-bond acceptors (Lipinski definition) is 5. The molecule has 5 nitrogen and oxygen atoms in total. The van der Waals surface area contributed by atoms with Gasteiger partial charge in [0.25, 0.3) is 0 Å². The zero-order chi connectivity index (χ0) is 21.2. The number of hydrogen-bond donors (Lipinski definition) is 3. The molecule has 4 aromatic rings. The minimum Gasteiger partial charge on any atom is -0.365 e. The molecule has 0 bridgehead atoms. The van der Waals surface area contributed by atoms with E-state index in [2.05, 4.69) is 20.6 Å². The summed E-state index contributed by atoms with van der Waals surface area (Å²) in [5, 5.41) is 7.95. The lowest BCUT2D eigenvalue weighted by Crippen LogP contribution is -2.27. The molecule has 0 unspecified atom stereocenters. The summed E-state index contributed by atoms with van der Waals surface area (Å²) in [6, 6.07) is 21.2. The summed E-state index contributed by atoms with van der Waals surface area (Å²) in [4.78, 5) is 8.90. The molecule has 1 aliphatic heterocycles. The van der Waals surface area contributed by atoms with Crippen molar-refractivity contribution >= 4 is 16.7 Å². The van der Waals surface area contributed by atoms with Crippen LogP contribution in [0, 0.1) is 5.82 Å². The molecule has 2 atom stereocenters. The van der Waals surface area contributed by atoms with Crippen LogP contribution >= 0.6 is 0 Å². The van der Waals surface area contributed by atoms with Crippen molar-refractivity contribution in [2.75, 3.05) is 18.4 Å². The van der Waals surface area contributed by atoms with Crippen LogP contribution in [0.3, 0.4) is 0 Å². The van der Waals surface area contributed by atoms with Gasteiger partial charge in [-0.25, -0.2) is 14.4 Å². The van der Waals surface area contributed by atoms with Gasteiger partial charge in [0.15, 0.2) is 0 Å². The average Bonchev–Trinajstić information content (AvgIpc) is 3.27. The van der Waals surface area contributed by atoms with Gasteiger partial charge in [0.1, 0.15) is 18.0 Å². The Morgan fingerprint density at radius 1 is 1.00 bits per heavy atom. The molecule has 3 aromatic carbocycles. The number of nitrogens with two attached hydrogens (primary N) is 1. The van der Waals surface area contributed by atoms with Crippen molar-refractivity contribution in [2.45, 2.75) is 18.5 Å². The van der Waals surface area contributed by atoms with Crippen LogP contribution in [0.2, 0.25) is 0 Å². The van der Waals surface area contributed by atoms with Crippen LogP contribution in [0.25, 0.3) is 22.0 Å². The van der Waals surface area contributed by atoms with Crippen molar-refractivity contribution in [2.24, 2.45) is 5.73 Å². The Kier molecular flexibility index (Phi) is 5.32. The molecule has 0 amide bonds. The van der Waals surface area contributed by atoms with Crippen molar-refractivity contribution in [3.8, 4) is 11.1 Å². The number of nitrogens with one attached hydrogen (secondary N) is 2. The minimum absolute atomic E-state index is 0.0848. The van der Waals surface area contributed by atoms with Crippen molar-refractivity contribution in [1.82, 2.24) is 15.3 Å². The third-order valence-corrected chi connectivity index (χ3v) is 6.01. The topological polar surface area (TPSA) is 75.9 Å². The van der Waals surface area contributed by atoms with Gasteiger partial charge in [-0.2, -0.15) is 0 Å². The zero-order valence-electron chi connectivity index (χ0n) is 17.1. The molecule has 6 heteroatoms. The molecular formula is C25H24FN5. The van der Waals surface area contributed by atoms with Gasteiger partial charge in [0.05, 0.1) is 5.52 Å². The number of para-hydroxylation sites is 1. The van der Waals surface area contributed by atoms with E-state index in [1.54, 1.807) is 12.4 Å². The van der Waals surface area contributed by atoms with Crippen LogP contribution in [-0.2, 0) is 6.54 Å². The number of anilines is 1. The van der Waals surface area contributed by atoms with Gasteiger partial charge in [-0.3, -0.25) is 0 Å². The van der Waals surface area contributed by atoms with Crippen LogP contribution in [0.5, 0.6) is 0 Å². The van der Waals surface area contributed by atoms with Gasteiger partial charge in [-0.05, 0) is 28.8 Å². The molecule has 0 aliphatic carbocycles. The Balaban J connectivity index is 1.44. The first-order valence-corrected chi connectivity index (χ1v) is 10.5. The van der Waals surface area contributed by atoms with Gasteiger partial charge in [-0.1, -0.05) is 54.6 Å². The Bertz CT molecular complexity index is 1210. The van der Waals surface area contributed by atoms with Gasteiger partial charge in [0, 0.05) is 42.5 Å². The van der Waals surface area contributed by atoms with Gasteiger partial charge >= 0.3 is 0 Å². The van der Waals surface area contributed by atoms with Crippen molar-refractivity contribution in [3.05, 3.63) is 90.0 Å². The van der Waals surface area contributed by atoms with Gasteiger partial charge < -0.3 is 16.4 Å². The van der Waals surface area contributed by atoms with Gasteiger partial charge in [0.2, 0.25) is 0 Å². The second-order valence-corrected chi connectivity index (χ2v) is 7.86. The lowest BCUT2D eigenvalue weighted by molar-refractivity contribution is 0.620. The molecule has 5 rings (SSSR count). The first-order chi connectivity index (χ1) is 15.2. The second-order valence-electron chi connectivity index (χ2n) is 7.86. The number of nitrogens with zero attached hydrogens (tertiary/aromatic N) is 2. The van der Waals surface area contributed by atoms with E-state index in [1.807, 2.05) is 60.7 Å². The highest BCUT2D eigenvalue weighted by Gasteiger charge is 2.29. The second kappa shape index (κ2) is 8.41. The highest BCUT2D eigenvalue weighted by Crippen LogP contribution is 2.31. The predicted molar refractivity (Wildman–Crippen MR) is 122 cm³/mol. The lowest BCUT2D eigenvalue weighted by Gasteiger charge is -2.22. The van der Waals surface area contributed by atoms with Crippen LogP contribution < -0.4 is 16.4 Å². The molecule has 1 aliphatic rings. The normalized spacial score (nSPS) is 18.4. The molecule has 1 saturated heterocycles. The molecule has 1 aromatic heterocycles. The Hall–Kier alpha value is -3.35. The van der Waals surface area contributed by atoms with E-state index in [0.29, 0.717) is 12.1 Å². The summed E-state index contributed by atoms with van der Waals surface area (Å²) < 4.78 is 15.0. The zero-order valence-corrected chi connectivity index (χ0v) is 17.1. The largest absolute Gasteiger partial charge is 0.365 e. The quantitative estimate of drug-likeness (QED) is 0.460. The van der Waals surface area contributed by atoms with Crippen LogP contribution in [0.4, 0.5) is 10.2 Å². The number of aromatic nitrogens is 2. The SMILES string of the molecule is NCc1cccc2c(N[C@H]3CNC[C@@H]3c3ccc(-c4ccccc4)c(F)c3)ncnc12. The number of rotatable bonds is 5. The van der Waals surface area contributed by atoms with E-state index < -0.39 is 0 Å². The Morgan fingerprint density at radius 2 is 1.87 bits per heavy atom. The van der Waals surface area contributed by atoms with E-state index in [-0.39, 0.29) is 17.8 Å². The fraction of sp³-hybridized carbons (Fsp3) is 0.200. The number of halogens is 1. The standard InChI is InChI=1S/C25H24FN5/c26-22-11-17(9-10-19(22)16-5-2-1-3-6-16)21-13-28-14-23(21)31-25-20-8-4-7-18(12-27)24(20)29-15-30-25/h1-11,15,21,23,28H,12-14,27H2,(H,29,30,31)/t21-,23+/m1/s1. The molecule has 156 valence electrons. The number of fused-ring (bicyclic) bond motifs is 1. The monoisotopic (exact) mass is 413 g/mol. The molecule has 1 fully saturated rings. The highest BCUT2D eigenvalue weighted by molar-refractivity contribution is 5.91. The number of benzene rings is 3. The summed E-state index contributed by atoms with van der Waals surface area (Å²) in [5.74, 6) is 0.705. The fourth-order valence-electron chi connectivity index (χ4n) is 4.40. The first-order valence-electron chi connectivity index (χ1n) is 10.5. The summed E-state index contributed by atoms with van der Waals surface area (Å²) >= 11 is 0. The molecule has 0 radical (unpaired) electrons. The maximum absolute atomic E-state index is 15.0. The van der Waals surface area contributed by atoms with Crippen molar-refractivity contribution < 1.29 is 4.39 Å². The predicted octanol–water partition coefficient (Wildman–Crippen LogP) is 4.06. The van der Waals surface area contributed by atoms with E-state index in [0.717, 1.165) is 46.5 Å². The van der Waals surface area contributed by atoms with E-state index >= 15 is 0 Å². The van der Waals surface area contributed by atoms with Crippen LogP contribution in [-0.4, -0.2) is 29.1 Å². The summed E-state index contributed by atoms with van der Waals surface area (Å²) in [6.45, 7) is 1.97. The third-order valence-electron chi connectivity index (χ3n) is 6.01. The third kappa shape index (κ3) is 3.76. The smallest absolute Gasteiger partial charge is 0.137 e. The van der Waals surface area contributed by atoms with Gasteiger partial charge in [-0.15, -0.1) is 0 Å². The highest BCUT2D eigenvalue weighted by atomic mass is 19.1. The Labute approximate surface area is 180 Å². The lowest BCUT2D eigenvalue weighted by atomic mass is 9.92. The molecule has 2 heterocycles. The fourth-order valence-corrected chi connectivity index (χ4v) is 4.40. The average molecular weight is 414 g/mol. The first kappa shape index (κ1) is 19.6. The summed E-state index contributed by atoms with van der Waals surface area (Å²) in [7, 11) is 0. The van der Waals surface area contributed by atoms with E-state index in [9.17, 15) is 4.39 Å². The molecule has 0 spiro atoms. The van der Waals surface area contributed by atoms with Crippen molar-refractivity contribution in [3.63, 3.8) is 0 Å². The van der Waals surface area contributed by atoms with E-state index in [4.69, 9.17) is 5.73 Å². The Morgan fingerprint density at radius 3 is 2.68 bits per heavy atom. The molecule has 4 N–H and O–H groups in total. The van der Waals surface area contributed by atoms with Crippen LogP contribution in [0.1, 0.15) is 17.0 Å². The minimum atomic E-state index is -0.200. The summed E-state index contributed by atoms with van der Waals surface area (Å²) in [6.07, 6.45) is 1.57. The maximum Gasteiger partial charge on any atom is 0.137 e. The maximum atomic E-state index is 15.0. The summed E-state index contributed by atoms with van der Waals surface area (Å²) in [5.41, 5.74) is 10.2. The van der Waals surface area contributed by atoms with Crippen LogP contribution in [0.15, 0.2) is 73.1 Å². The molecule has 31 heavy (non-hydrogen) atoms. The van der Waals surface area contributed by atoms with E-state index in [1.165, 1.54) is 0 Å². The molecular weight excluding hydrogens is 389 g/mol.